The molecule has 0 spiro atoms. The van der Waals surface area contributed by atoms with E-state index in [1.54, 1.807) is 7.05 Å². The topological polar surface area (TPSA) is 91.8 Å². The van der Waals surface area contributed by atoms with Crippen molar-refractivity contribution in [3.8, 4) is 0 Å². The number of likely N-dealkylation sites (N-methyl/N-ethyl adjacent to an activating group) is 1. The maximum Gasteiger partial charge on any atom is 0.237 e. The first-order chi connectivity index (χ1) is 11.1. The predicted octanol–water partition coefficient (Wildman–Crippen LogP) is 0.616. The van der Waals surface area contributed by atoms with Crippen molar-refractivity contribution in [2.45, 2.75) is 57.0 Å². The fourth-order valence-electron chi connectivity index (χ4n) is 3.59. The van der Waals surface area contributed by atoms with Gasteiger partial charge < -0.3 is 4.90 Å². The summed E-state index contributed by atoms with van der Waals surface area (Å²) in [6.45, 7) is -0.198. The van der Waals surface area contributed by atoms with E-state index in [4.69, 9.17) is 0 Å². The third-order valence-corrected chi connectivity index (χ3v) is 8.13. The Bertz CT molecular complexity index is 651. The number of hydrogen-bond acceptors (Lipinski definition) is 5. The number of nitrogens with zero attached hydrogens (tertiary/aromatic N) is 2. The first kappa shape index (κ1) is 19.7. The number of rotatable bonds is 5. The van der Waals surface area contributed by atoms with Crippen LogP contribution in [0.15, 0.2) is 0 Å². The van der Waals surface area contributed by atoms with Crippen LogP contribution in [0.3, 0.4) is 0 Å². The second-order valence-corrected chi connectivity index (χ2v) is 11.2. The first-order valence-electron chi connectivity index (χ1n) is 8.53. The molecule has 1 heterocycles. The van der Waals surface area contributed by atoms with E-state index in [-0.39, 0.29) is 36.0 Å². The molecule has 9 heteroatoms. The fourth-order valence-corrected chi connectivity index (χ4v) is 6.46. The smallest absolute Gasteiger partial charge is 0.237 e. The molecule has 0 aromatic heterocycles. The van der Waals surface area contributed by atoms with Gasteiger partial charge in [-0.05, 0) is 19.3 Å². The Morgan fingerprint density at radius 3 is 2.08 bits per heavy atom. The molecule has 2 rings (SSSR count). The number of amides is 1. The normalized spacial score (nSPS) is 25.5. The van der Waals surface area contributed by atoms with Gasteiger partial charge in [-0.2, -0.15) is 4.31 Å². The summed E-state index contributed by atoms with van der Waals surface area (Å²) in [5.74, 6) is -0.266. The van der Waals surface area contributed by atoms with Crippen LogP contribution in [0.1, 0.15) is 44.9 Å². The first-order valence-corrected chi connectivity index (χ1v) is 12.2. The zero-order valence-corrected chi connectivity index (χ0v) is 16.1. The molecule has 1 aliphatic carbocycles. The number of carbonyl (C=O) groups is 1. The highest BCUT2D eigenvalue weighted by Gasteiger charge is 2.35. The van der Waals surface area contributed by atoms with Gasteiger partial charge in [-0.1, -0.05) is 25.7 Å². The lowest BCUT2D eigenvalue weighted by molar-refractivity contribution is -0.132. The average Bonchev–Trinajstić information content (AvgIpc) is 2.69. The predicted molar refractivity (Wildman–Crippen MR) is 92.9 cm³/mol. The SMILES string of the molecule is CN(C(=O)CN(C1CCCCCC1)S(C)(=O)=O)C1CCS(=O)(=O)C1. The van der Waals surface area contributed by atoms with E-state index < -0.39 is 19.9 Å². The molecule has 2 aliphatic rings. The van der Waals surface area contributed by atoms with E-state index in [9.17, 15) is 21.6 Å². The average molecular weight is 381 g/mol. The Morgan fingerprint density at radius 1 is 1.04 bits per heavy atom. The van der Waals surface area contributed by atoms with Crippen molar-refractivity contribution in [1.82, 2.24) is 9.21 Å². The van der Waals surface area contributed by atoms with Crippen molar-refractivity contribution >= 4 is 25.8 Å². The van der Waals surface area contributed by atoms with E-state index in [1.165, 1.54) is 9.21 Å². The number of sulfonamides is 1. The minimum absolute atomic E-state index is 0.0302. The van der Waals surface area contributed by atoms with Crippen molar-refractivity contribution in [2.24, 2.45) is 0 Å². The molecule has 1 unspecified atom stereocenters. The van der Waals surface area contributed by atoms with Crippen molar-refractivity contribution in [3.63, 3.8) is 0 Å². The summed E-state index contributed by atoms with van der Waals surface area (Å²) >= 11 is 0. The largest absolute Gasteiger partial charge is 0.341 e. The molecule has 0 N–H and O–H groups in total. The van der Waals surface area contributed by atoms with Gasteiger partial charge in [0.05, 0.1) is 24.3 Å². The molecule has 1 atom stereocenters. The summed E-state index contributed by atoms with van der Waals surface area (Å²) in [6.07, 6.45) is 7.27. The number of sulfone groups is 1. The summed E-state index contributed by atoms with van der Waals surface area (Å²) in [7, 11) is -5.00. The van der Waals surface area contributed by atoms with E-state index in [0.717, 1.165) is 44.8 Å². The van der Waals surface area contributed by atoms with Crippen LogP contribution in [0.25, 0.3) is 0 Å². The van der Waals surface area contributed by atoms with Crippen LogP contribution in [0.2, 0.25) is 0 Å². The summed E-state index contributed by atoms with van der Waals surface area (Å²) in [5.41, 5.74) is 0. The van der Waals surface area contributed by atoms with E-state index in [0.29, 0.717) is 6.42 Å². The van der Waals surface area contributed by atoms with Gasteiger partial charge in [0.2, 0.25) is 15.9 Å². The van der Waals surface area contributed by atoms with Gasteiger partial charge in [0.1, 0.15) is 0 Å². The lowest BCUT2D eigenvalue weighted by Crippen LogP contribution is -2.48. The van der Waals surface area contributed by atoms with Crippen molar-refractivity contribution < 1.29 is 21.6 Å². The third kappa shape index (κ3) is 5.16. The summed E-state index contributed by atoms with van der Waals surface area (Å²) in [5, 5.41) is 0. The maximum atomic E-state index is 12.6. The Hall–Kier alpha value is -0.670. The van der Waals surface area contributed by atoms with Gasteiger partial charge in [0, 0.05) is 19.1 Å². The van der Waals surface area contributed by atoms with Crippen LogP contribution < -0.4 is 0 Å². The third-order valence-electron chi connectivity index (χ3n) is 5.10. The quantitative estimate of drug-likeness (QED) is 0.652. The van der Waals surface area contributed by atoms with Crippen molar-refractivity contribution in [2.75, 3.05) is 31.4 Å². The molecular weight excluding hydrogens is 352 g/mol. The number of carbonyl (C=O) groups excluding carboxylic acids is 1. The highest BCUT2D eigenvalue weighted by Crippen LogP contribution is 2.24. The molecule has 1 aliphatic heterocycles. The van der Waals surface area contributed by atoms with Gasteiger partial charge >= 0.3 is 0 Å². The lowest BCUT2D eigenvalue weighted by atomic mass is 10.1. The Labute approximate surface area is 145 Å². The van der Waals surface area contributed by atoms with Crippen LogP contribution in [-0.2, 0) is 24.7 Å². The molecule has 1 saturated heterocycles. The fraction of sp³-hybridized carbons (Fsp3) is 0.933. The molecule has 1 saturated carbocycles. The summed E-state index contributed by atoms with van der Waals surface area (Å²) in [4.78, 5) is 14.0. The Kier molecular flexibility index (Phi) is 6.30. The maximum absolute atomic E-state index is 12.6. The summed E-state index contributed by atoms with van der Waals surface area (Å²) < 4.78 is 48.9. The zero-order chi connectivity index (χ0) is 18.0. The molecule has 7 nitrogen and oxygen atoms in total. The van der Waals surface area contributed by atoms with Crippen LogP contribution in [-0.4, -0.2) is 75.4 Å². The molecule has 2 fully saturated rings. The van der Waals surface area contributed by atoms with E-state index >= 15 is 0 Å². The monoisotopic (exact) mass is 380 g/mol. The van der Waals surface area contributed by atoms with Crippen LogP contribution >= 0.6 is 0 Å². The van der Waals surface area contributed by atoms with Gasteiger partial charge in [-0.25, -0.2) is 16.8 Å². The molecule has 0 aromatic rings. The van der Waals surface area contributed by atoms with E-state index in [1.807, 2.05) is 0 Å². The van der Waals surface area contributed by atoms with Crippen LogP contribution in [0, 0.1) is 0 Å². The second kappa shape index (κ2) is 7.70. The Morgan fingerprint density at radius 2 is 1.62 bits per heavy atom. The van der Waals surface area contributed by atoms with Crippen LogP contribution in [0.5, 0.6) is 0 Å². The minimum atomic E-state index is -3.49. The highest BCUT2D eigenvalue weighted by atomic mass is 32.2. The second-order valence-electron chi connectivity index (χ2n) is 7.02. The summed E-state index contributed by atoms with van der Waals surface area (Å²) in [6, 6.07) is -0.481. The molecule has 24 heavy (non-hydrogen) atoms. The number of hydrogen-bond donors (Lipinski definition) is 0. The Balaban J connectivity index is 2.07. The minimum Gasteiger partial charge on any atom is -0.341 e. The standard InChI is InChI=1S/C15H28N2O5S2/c1-16(14-9-10-24(21,22)12-14)15(18)11-17(23(2,19)20)13-7-5-3-4-6-8-13/h13-14H,3-12H2,1-2H3. The molecule has 0 bridgehead atoms. The lowest BCUT2D eigenvalue weighted by Gasteiger charge is -2.31. The van der Waals surface area contributed by atoms with Gasteiger partial charge in [-0.15, -0.1) is 0 Å². The highest BCUT2D eigenvalue weighted by molar-refractivity contribution is 7.91. The molecule has 0 aromatic carbocycles. The van der Waals surface area contributed by atoms with Crippen molar-refractivity contribution in [1.29, 1.82) is 0 Å². The molecule has 1 amide bonds. The van der Waals surface area contributed by atoms with Gasteiger partial charge in [0.15, 0.2) is 9.84 Å². The molecule has 140 valence electrons. The van der Waals surface area contributed by atoms with Gasteiger partial charge in [-0.3, -0.25) is 4.79 Å². The molecule has 0 radical (unpaired) electrons. The van der Waals surface area contributed by atoms with Crippen molar-refractivity contribution in [3.05, 3.63) is 0 Å². The van der Waals surface area contributed by atoms with E-state index in [2.05, 4.69) is 0 Å². The van der Waals surface area contributed by atoms with Crippen LogP contribution in [0.4, 0.5) is 0 Å². The molecular formula is C15H28N2O5S2. The zero-order valence-electron chi connectivity index (χ0n) is 14.5. The van der Waals surface area contributed by atoms with Gasteiger partial charge in [0.25, 0.3) is 0 Å².